The maximum absolute atomic E-state index is 10.8. The molecule has 1 aromatic rings. The van der Waals surface area contributed by atoms with Crippen LogP contribution in [-0.4, -0.2) is 39.3 Å². The highest BCUT2D eigenvalue weighted by Gasteiger charge is 2.22. The monoisotopic (exact) mass is 250 g/mol. The second-order valence-corrected chi connectivity index (χ2v) is 4.70. The Morgan fingerprint density at radius 1 is 1.33 bits per heavy atom. The zero-order chi connectivity index (χ0) is 13.0. The van der Waals surface area contributed by atoms with Crippen LogP contribution in [0.3, 0.4) is 0 Å². The minimum atomic E-state index is -0.825. The van der Waals surface area contributed by atoms with Crippen molar-refractivity contribution < 1.29 is 15.0 Å². The zero-order valence-electron chi connectivity index (χ0n) is 10.2. The van der Waals surface area contributed by atoms with E-state index in [-0.39, 0.29) is 6.61 Å². The number of hydrogen-bond donors (Lipinski definition) is 2. The third-order valence-electron chi connectivity index (χ3n) is 3.41. The molecule has 0 aromatic carbocycles. The van der Waals surface area contributed by atoms with Crippen molar-refractivity contribution in [3.8, 4) is 0 Å². The molecule has 0 unspecified atom stereocenters. The normalized spacial score (nSPS) is 16.8. The van der Waals surface area contributed by atoms with Gasteiger partial charge in [-0.2, -0.15) is 0 Å². The Morgan fingerprint density at radius 3 is 2.61 bits per heavy atom. The van der Waals surface area contributed by atoms with Gasteiger partial charge in [0, 0.05) is 18.8 Å². The SMILES string of the molecule is O=C(O)N1CCC(Cc2cccc(CO)n2)CC1. The highest BCUT2D eigenvalue weighted by atomic mass is 16.4. The van der Waals surface area contributed by atoms with E-state index in [0.717, 1.165) is 25.0 Å². The first-order valence-corrected chi connectivity index (χ1v) is 6.22. The fraction of sp³-hybridized carbons (Fsp3) is 0.538. The standard InChI is InChI=1S/C13H18N2O3/c16-9-12-3-1-2-11(14-12)8-10-4-6-15(7-5-10)13(17)18/h1-3,10,16H,4-9H2,(H,17,18). The summed E-state index contributed by atoms with van der Waals surface area (Å²) >= 11 is 0. The number of amides is 1. The lowest BCUT2D eigenvalue weighted by atomic mass is 9.92. The van der Waals surface area contributed by atoms with Crippen molar-refractivity contribution in [1.82, 2.24) is 9.88 Å². The van der Waals surface area contributed by atoms with E-state index in [2.05, 4.69) is 4.98 Å². The molecule has 1 amide bonds. The molecule has 2 N–H and O–H groups in total. The molecule has 0 saturated carbocycles. The Balaban J connectivity index is 1.89. The minimum Gasteiger partial charge on any atom is -0.465 e. The number of rotatable bonds is 3. The molecule has 18 heavy (non-hydrogen) atoms. The Hall–Kier alpha value is -1.62. The third kappa shape index (κ3) is 3.20. The average Bonchev–Trinajstić information content (AvgIpc) is 2.39. The van der Waals surface area contributed by atoms with Gasteiger partial charge in [-0.05, 0) is 37.3 Å². The lowest BCUT2D eigenvalue weighted by molar-refractivity contribution is 0.124. The number of aliphatic hydroxyl groups is 1. The second kappa shape index (κ2) is 5.82. The van der Waals surface area contributed by atoms with Crippen molar-refractivity contribution in [3.63, 3.8) is 0 Å². The Kier molecular flexibility index (Phi) is 4.15. The number of carbonyl (C=O) groups is 1. The number of hydrogen-bond acceptors (Lipinski definition) is 3. The van der Waals surface area contributed by atoms with Gasteiger partial charge in [-0.15, -0.1) is 0 Å². The van der Waals surface area contributed by atoms with Gasteiger partial charge in [0.05, 0.1) is 12.3 Å². The van der Waals surface area contributed by atoms with Gasteiger partial charge in [0.25, 0.3) is 0 Å². The first-order chi connectivity index (χ1) is 8.69. The molecule has 0 radical (unpaired) electrons. The molecule has 5 heteroatoms. The molecule has 1 aliphatic heterocycles. The summed E-state index contributed by atoms with van der Waals surface area (Å²) in [5, 5.41) is 17.9. The van der Waals surface area contributed by atoms with Gasteiger partial charge in [0.1, 0.15) is 0 Å². The summed E-state index contributed by atoms with van der Waals surface area (Å²) in [4.78, 5) is 16.6. The van der Waals surface area contributed by atoms with Crippen LogP contribution in [0.2, 0.25) is 0 Å². The number of carboxylic acid groups (broad SMARTS) is 1. The summed E-state index contributed by atoms with van der Waals surface area (Å²) in [7, 11) is 0. The molecule has 0 spiro atoms. The highest BCUT2D eigenvalue weighted by molar-refractivity contribution is 5.64. The zero-order valence-corrected chi connectivity index (χ0v) is 10.2. The predicted molar refractivity (Wildman–Crippen MR) is 66.2 cm³/mol. The van der Waals surface area contributed by atoms with Crippen LogP contribution in [0.15, 0.2) is 18.2 Å². The van der Waals surface area contributed by atoms with Gasteiger partial charge in [-0.3, -0.25) is 4.98 Å². The highest BCUT2D eigenvalue weighted by Crippen LogP contribution is 2.21. The summed E-state index contributed by atoms with van der Waals surface area (Å²) in [5.74, 6) is 0.488. The lowest BCUT2D eigenvalue weighted by Gasteiger charge is -2.29. The van der Waals surface area contributed by atoms with Crippen LogP contribution in [0.5, 0.6) is 0 Å². The topological polar surface area (TPSA) is 73.7 Å². The summed E-state index contributed by atoms with van der Waals surface area (Å²) in [6.07, 6.45) is 1.81. The van der Waals surface area contributed by atoms with Crippen molar-refractivity contribution >= 4 is 6.09 Å². The van der Waals surface area contributed by atoms with Crippen LogP contribution < -0.4 is 0 Å². The van der Waals surface area contributed by atoms with E-state index >= 15 is 0 Å². The van der Waals surface area contributed by atoms with Crippen LogP contribution >= 0.6 is 0 Å². The second-order valence-electron chi connectivity index (χ2n) is 4.70. The van der Waals surface area contributed by atoms with Gasteiger partial charge >= 0.3 is 6.09 Å². The molecule has 0 bridgehead atoms. The van der Waals surface area contributed by atoms with E-state index < -0.39 is 6.09 Å². The van der Waals surface area contributed by atoms with Gasteiger partial charge in [0.2, 0.25) is 0 Å². The largest absolute Gasteiger partial charge is 0.465 e. The van der Waals surface area contributed by atoms with Crippen LogP contribution in [0.1, 0.15) is 24.2 Å². The van der Waals surface area contributed by atoms with Crippen LogP contribution in [0, 0.1) is 5.92 Å². The molecule has 5 nitrogen and oxygen atoms in total. The number of likely N-dealkylation sites (tertiary alicyclic amines) is 1. The molecule has 1 aliphatic rings. The fourth-order valence-corrected chi connectivity index (χ4v) is 2.36. The van der Waals surface area contributed by atoms with Crippen molar-refractivity contribution in [1.29, 1.82) is 0 Å². The van der Waals surface area contributed by atoms with E-state index in [1.807, 2.05) is 12.1 Å². The molecule has 0 atom stereocenters. The van der Waals surface area contributed by atoms with Gasteiger partial charge in [0.15, 0.2) is 0 Å². The van der Waals surface area contributed by atoms with Crippen molar-refractivity contribution in [2.45, 2.75) is 25.9 Å². The Labute approximate surface area is 106 Å². The number of nitrogens with zero attached hydrogens (tertiary/aromatic N) is 2. The fourth-order valence-electron chi connectivity index (χ4n) is 2.36. The molecular formula is C13H18N2O3. The van der Waals surface area contributed by atoms with Crippen molar-refractivity contribution in [2.24, 2.45) is 5.92 Å². The maximum atomic E-state index is 10.8. The Morgan fingerprint density at radius 2 is 2.00 bits per heavy atom. The number of pyridine rings is 1. The maximum Gasteiger partial charge on any atom is 0.407 e. The van der Waals surface area contributed by atoms with Gasteiger partial charge in [-0.1, -0.05) is 6.07 Å². The van der Waals surface area contributed by atoms with E-state index in [9.17, 15) is 4.79 Å². The van der Waals surface area contributed by atoms with Crippen molar-refractivity contribution in [2.75, 3.05) is 13.1 Å². The van der Waals surface area contributed by atoms with E-state index in [1.165, 1.54) is 4.90 Å². The van der Waals surface area contributed by atoms with Crippen LogP contribution in [-0.2, 0) is 13.0 Å². The summed E-state index contributed by atoms with van der Waals surface area (Å²) in [6.45, 7) is 1.19. The minimum absolute atomic E-state index is 0.0364. The molecule has 1 aromatic heterocycles. The summed E-state index contributed by atoms with van der Waals surface area (Å²) in [6, 6.07) is 5.67. The van der Waals surface area contributed by atoms with Crippen LogP contribution in [0.25, 0.3) is 0 Å². The molecular weight excluding hydrogens is 232 g/mol. The van der Waals surface area contributed by atoms with E-state index in [1.54, 1.807) is 6.07 Å². The first kappa shape index (κ1) is 12.8. The summed E-state index contributed by atoms with van der Waals surface area (Å²) < 4.78 is 0. The molecule has 98 valence electrons. The Bertz CT molecular complexity index is 414. The number of aliphatic hydroxyl groups excluding tert-OH is 1. The molecule has 1 fully saturated rings. The predicted octanol–water partition coefficient (Wildman–Crippen LogP) is 1.51. The van der Waals surface area contributed by atoms with Crippen LogP contribution in [0.4, 0.5) is 4.79 Å². The quantitative estimate of drug-likeness (QED) is 0.852. The number of piperidine rings is 1. The first-order valence-electron chi connectivity index (χ1n) is 6.22. The average molecular weight is 250 g/mol. The van der Waals surface area contributed by atoms with Crippen molar-refractivity contribution in [3.05, 3.63) is 29.6 Å². The lowest BCUT2D eigenvalue weighted by Crippen LogP contribution is -2.37. The van der Waals surface area contributed by atoms with E-state index in [0.29, 0.717) is 24.7 Å². The van der Waals surface area contributed by atoms with Gasteiger partial charge < -0.3 is 15.1 Å². The number of aromatic nitrogens is 1. The molecule has 2 rings (SSSR count). The smallest absolute Gasteiger partial charge is 0.407 e. The molecule has 2 heterocycles. The van der Waals surface area contributed by atoms with Gasteiger partial charge in [-0.25, -0.2) is 4.79 Å². The third-order valence-corrected chi connectivity index (χ3v) is 3.41. The molecule has 0 aliphatic carbocycles. The van der Waals surface area contributed by atoms with E-state index in [4.69, 9.17) is 10.2 Å². The summed E-state index contributed by atoms with van der Waals surface area (Å²) in [5.41, 5.74) is 1.67. The molecule has 1 saturated heterocycles.